The minimum Gasteiger partial charge on any atom is -0.360 e. The molecule has 0 aliphatic carbocycles. The largest absolute Gasteiger partial charge is 0.360 e. The molecule has 7 heteroatoms. The third-order valence-corrected chi connectivity index (χ3v) is 3.44. The summed E-state index contributed by atoms with van der Waals surface area (Å²) in [6, 6.07) is 7.44. The molecule has 0 aliphatic rings. The number of hydrogen-bond donors (Lipinski definition) is 2. The lowest BCUT2D eigenvalue weighted by Gasteiger charge is -2.21. The Hall–Kier alpha value is -2.34. The Balaban J connectivity index is 2.09. The van der Waals surface area contributed by atoms with Gasteiger partial charge in [0.05, 0.1) is 0 Å². The summed E-state index contributed by atoms with van der Waals surface area (Å²) in [5.74, 6) is 0.0759. The SMILES string of the molecule is Cc1cc(NC(=O)[C@@H](NC(=O)c2cccc(Cl)c2)C(C)C)no1. The predicted octanol–water partition coefficient (Wildman–Crippen LogP) is 3.03. The molecule has 2 amide bonds. The van der Waals surface area contributed by atoms with Crippen molar-refractivity contribution in [3.8, 4) is 0 Å². The molecular weight excluding hydrogens is 318 g/mol. The first-order valence-electron chi connectivity index (χ1n) is 7.17. The highest BCUT2D eigenvalue weighted by Crippen LogP contribution is 2.13. The van der Waals surface area contributed by atoms with Gasteiger partial charge in [0.2, 0.25) is 5.91 Å². The van der Waals surface area contributed by atoms with Crippen LogP contribution in [0.25, 0.3) is 0 Å². The summed E-state index contributed by atoms with van der Waals surface area (Å²) in [4.78, 5) is 24.7. The molecule has 0 saturated heterocycles. The number of amides is 2. The fourth-order valence-electron chi connectivity index (χ4n) is 2.02. The monoisotopic (exact) mass is 335 g/mol. The van der Waals surface area contributed by atoms with Crippen molar-refractivity contribution in [1.82, 2.24) is 10.5 Å². The van der Waals surface area contributed by atoms with Crippen molar-refractivity contribution < 1.29 is 14.1 Å². The van der Waals surface area contributed by atoms with Crippen LogP contribution in [0.1, 0.15) is 30.0 Å². The Morgan fingerprint density at radius 1 is 1.26 bits per heavy atom. The number of rotatable bonds is 5. The van der Waals surface area contributed by atoms with Crippen LogP contribution in [0.5, 0.6) is 0 Å². The lowest BCUT2D eigenvalue weighted by atomic mass is 10.0. The van der Waals surface area contributed by atoms with Gasteiger partial charge in [0.1, 0.15) is 11.8 Å². The first-order chi connectivity index (χ1) is 10.9. The summed E-state index contributed by atoms with van der Waals surface area (Å²) < 4.78 is 4.90. The first kappa shape index (κ1) is 17.0. The van der Waals surface area contributed by atoms with Crippen molar-refractivity contribution in [2.45, 2.75) is 26.8 Å². The van der Waals surface area contributed by atoms with Crippen LogP contribution in [0.3, 0.4) is 0 Å². The number of nitrogens with zero attached hydrogens (tertiary/aromatic N) is 1. The highest BCUT2D eigenvalue weighted by atomic mass is 35.5. The lowest BCUT2D eigenvalue weighted by Crippen LogP contribution is -2.47. The van der Waals surface area contributed by atoms with Crippen LogP contribution >= 0.6 is 11.6 Å². The van der Waals surface area contributed by atoms with E-state index in [0.717, 1.165) is 0 Å². The molecule has 1 heterocycles. The maximum atomic E-state index is 12.4. The molecule has 2 N–H and O–H groups in total. The molecule has 0 spiro atoms. The van der Waals surface area contributed by atoms with E-state index < -0.39 is 6.04 Å². The predicted molar refractivity (Wildman–Crippen MR) is 87.4 cm³/mol. The molecule has 1 atom stereocenters. The molecule has 0 radical (unpaired) electrons. The smallest absolute Gasteiger partial charge is 0.251 e. The van der Waals surface area contributed by atoms with Gasteiger partial charge in [-0.25, -0.2) is 0 Å². The van der Waals surface area contributed by atoms with Crippen molar-refractivity contribution in [2.24, 2.45) is 5.92 Å². The number of halogens is 1. The Kier molecular flexibility index (Phi) is 5.39. The molecule has 0 aliphatic heterocycles. The molecule has 23 heavy (non-hydrogen) atoms. The van der Waals surface area contributed by atoms with Crippen LogP contribution in [0, 0.1) is 12.8 Å². The zero-order valence-electron chi connectivity index (χ0n) is 13.1. The number of carbonyl (C=O) groups excluding carboxylic acids is 2. The maximum absolute atomic E-state index is 12.4. The summed E-state index contributed by atoms with van der Waals surface area (Å²) >= 11 is 5.88. The average Bonchev–Trinajstić information content (AvgIpc) is 2.89. The number of aromatic nitrogens is 1. The van der Waals surface area contributed by atoms with Gasteiger partial charge in [-0.3, -0.25) is 9.59 Å². The van der Waals surface area contributed by atoms with E-state index in [-0.39, 0.29) is 17.7 Å². The standard InChI is InChI=1S/C16H18ClN3O3/c1-9(2)14(16(22)18-13-7-10(3)23-20-13)19-15(21)11-5-4-6-12(17)8-11/h4-9,14H,1-3H3,(H,19,21)(H,18,20,22)/t14-/m0/s1. The second-order valence-corrected chi connectivity index (χ2v) is 5.95. The highest BCUT2D eigenvalue weighted by molar-refractivity contribution is 6.31. The van der Waals surface area contributed by atoms with Gasteiger partial charge in [-0.2, -0.15) is 0 Å². The van der Waals surface area contributed by atoms with Gasteiger partial charge in [0, 0.05) is 16.7 Å². The molecule has 1 aromatic heterocycles. The van der Waals surface area contributed by atoms with Crippen molar-refractivity contribution >= 4 is 29.2 Å². The number of benzene rings is 1. The van der Waals surface area contributed by atoms with Crippen LogP contribution in [0.15, 0.2) is 34.9 Å². The van der Waals surface area contributed by atoms with Crippen molar-refractivity contribution in [2.75, 3.05) is 5.32 Å². The van der Waals surface area contributed by atoms with E-state index in [2.05, 4.69) is 15.8 Å². The van der Waals surface area contributed by atoms with E-state index >= 15 is 0 Å². The molecule has 0 saturated carbocycles. The third-order valence-electron chi connectivity index (χ3n) is 3.20. The lowest BCUT2D eigenvalue weighted by molar-refractivity contribution is -0.118. The van der Waals surface area contributed by atoms with E-state index in [0.29, 0.717) is 22.2 Å². The van der Waals surface area contributed by atoms with Crippen LogP contribution in [0.4, 0.5) is 5.82 Å². The van der Waals surface area contributed by atoms with Gasteiger partial charge < -0.3 is 15.2 Å². The van der Waals surface area contributed by atoms with Gasteiger partial charge in [-0.05, 0) is 31.0 Å². The highest BCUT2D eigenvalue weighted by Gasteiger charge is 2.25. The molecule has 122 valence electrons. The summed E-state index contributed by atoms with van der Waals surface area (Å²) in [5.41, 5.74) is 0.397. The van der Waals surface area contributed by atoms with Crippen LogP contribution in [-0.2, 0) is 4.79 Å². The van der Waals surface area contributed by atoms with Crippen molar-refractivity contribution in [3.63, 3.8) is 0 Å². The molecular formula is C16H18ClN3O3. The minimum atomic E-state index is -0.710. The summed E-state index contributed by atoms with van der Waals surface area (Å²) in [6.07, 6.45) is 0. The number of carbonyl (C=O) groups is 2. The Morgan fingerprint density at radius 2 is 2.00 bits per heavy atom. The maximum Gasteiger partial charge on any atom is 0.251 e. The zero-order valence-corrected chi connectivity index (χ0v) is 13.8. The Morgan fingerprint density at radius 3 is 2.57 bits per heavy atom. The van der Waals surface area contributed by atoms with E-state index in [1.807, 2.05) is 13.8 Å². The fraction of sp³-hybridized carbons (Fsp3) is 0.312. The summed E-state index contributed by atoms with van der Waals surface area (Å²) in [7, 11) is 0. The summed E-state index contributed by atoms with van der Waals surface area (Å²) in [5, 5.41) is 9.52. The van der Waals surface area contributed by atoms with Crippen molar-refractivity contribution in [3.05, 3.63) is 46.7 Å². The van der Waals surface area contributed by atoms with E-state index in [4.69, 9.17) is 16.1 Å². The molecule has 0 fully saturated rings. The fourth-order valence-corrected chi connectivity index (χ4v) is 2.21. The van der Waals surface area contributed by atoms with Crippen LogP contribution in [0.2, 0.25) is 5.02 Å². The number of hydrogen-bond acceptors (Lipinski definition) is 4. The molecule has 2 aromatic rings. The van der Waals surface area contributed by atoms with Crippen LogP contribution < -0.4 is 10.6 Å². The molecule has 0 unspecified atom stereocenters. The van der Waals surface area contributed by atoms with Crippen LogP contribution in [-0.4, -0.2) is 23.0 Å². The Bertz CT molecular complexity index is 712. The van der Waals surface area contributed by atoms with Gasteiger partial charge in [-0.15, -0.1) is 0 Å². The summed E-state index contributed by atoms with van der Waals surface area (Å²) in [6.45, 7) is 5.41. The molecule has 6 nitrogen and oxygen atoms in total. The Labute approximate surface area is 139 Å². The molecule has 1 aromatic carbocycles. The third kappa shape index (κ3) is 4.56. The normalized spacial score (nSPS) is 12.0. The second kappa shape index (κ2) is 7.28. The molecule has 0 bridgehead atoms. The van der Waals surface area contributed by atoms with E-state index in [1.54, 1.807) is 37.3 Å². The van der Waals surface area contributed by atoms with Gasteiger partial charge in [0.25, 0.3) is 5.91 Å². The minimum absolute atomic E-state index is 0.105. The average molecular weight is 336 g/mol. The second-order valence-electron chi connectivity index (χ2n) is 5.52. The van der Waals surface area contributed by atoms with Gasteiger partial charge >= 0.3 is 0 Å². The number of nitrogens with one attached hydrogen (secondary N) is 2. The van der Waals surface area contributed by atoms with Gasteiger partial charge in [-0.1, -0.05) is 36.7 Å². The first-order valence-corrected chi connectivity index (χ1v) is 7.55. The number of aryl methyl sites for hydroxylation is 1. The number of anilines is 1. The molecule has 2 rings (SSSR count). The zero-order chi connectivity index (χ0) is 17.0. The van der Waals surface area contributed by atoms with E-state index in [9.17, 15) is 9.59 Å². The van der Waals surface area contributed by atoms with E-state index in [1.165, 1.54) is 0 Å². The quantitative estimate of drug-likeness (QED) is 0.879. The van der Waals surface area contributed by atoms with Gasteiger partial charge in [0.15, 0.2) is 5.82 Å². The van der Waals surface area contributed by atoms with Crippen molar-refractivity contribution in [1.29, 1.82) is 0 Å². The topological polar surface area (TPSA) is 84.2 Å².